The van der Waals surface area contributed by atoms with Gasteiger partial charge in [-0.25, -0.2) is 4.99 Å². The Kier molecular flexibility index (Phi) is 5.13. The number of nitro groups is 1. The number of non-ortho nitro benzene ring substituents is 1. The second-order valence-corrected chi connectivity index (χ2v) is 8.25. The Morgan fingerprint density at radius 2 is 1.82 bits per heavy atom. The number of hydrogen-bond acceptors (Lipinski definition) is 4. The molecule has 0 N–H and O–H groups in total. The third kappa shape index (κ3) is 3.64. The minimum Gasteiger partial charge on any atom is -0.313 e. The average molecular weight is 394 g/mol. The molecule has 0 radical (unpaired) electrons. The van der Waals surface area contributed by atoms with E-state index >= 15 is 0 Å². The van der Waals surface area contributed by atoms with Gasteiger partial charge in [0.2, 0.25) is 0 Å². The summed E-state index contributed by atoms with van der Waals surface area (Å²) in [6, 6.07) is 13.6. The molecule has 4 rings (SSSR count). The Morgan fingerprint density at radius 1 is 1.11 bits per heavy atom. The van der Waals surface area contributed by atoms with Gasteiger partial charge in [0.05, 0.1) is 16.3 Å². The summed E-state index contributed by atoms with van der Waals surface area (Å²) >= 11 is 1.64. The minimum absolute atomic E-state index is 0.117. The fraction of sp³-hybridized carbons (Fsp3) is 0.318. The number of nitrogens with zero attached hydrogens (tertiary/aromatic N) is 3. The molecule has 1 saturated carbocycles. The van der Waals surface area contributed by atoms with Crippen molar-refractivity contribution in [2.75, 3.05) is 0 Å². The van der Waals surface area contributed by atoms with Gasteiger partial charge in [-0.1, -0.05) is 25.0 Å². The van der Waals surface area contributed by atoms with Crippen molar-refractivity contribution in [2.45, 2.75) is 45.6 Å². The third-order valence-corrected chi connectivity index (χ3v) is 6.23. The van der Waals surface area contributed by atoms with Crippen molar-refractivity contribution < 1.29 is 4.92 Å². The van der Waals surface area contributed by atoms with Crippen LogP contribution < -0.4 is 4.80 Å². The van der Waals surface area contributed by atoms with Crippen molar-refractivity contribution in [1.29, 1.82) is 0 Å². The lowest BCUT2D eigenvalue weighted by Crippen LogP contribution is -2.20. The van der Waals surface area contributed by atoms with Crippen LogP contribution in [0.2, 0.25) is 0 Å². The van der Waals surface area contributed by atoms with Gasteiger partial charge < -0.3 is 4.57 Å². The standard InChI is InChI=1S/C22H23N3O2S/c1-15-7-8-16(2)20(13-15)23-22-24(18-5-3-4-6-18)21(14-28-22)17-9-11-19(12-10-17)25(26)27/h7-14,18H,3-6H2,1-2H3. The second-order valence-electron chi connectivity index (χ2n) is 7.42. The van der Waals surface area contributed by atoms with E-state index in [-0.39, 0.29) is 10.6 Å². The van der Waals surface area contributed by atoms with Gasteiger partial charge in [0.25, 0.3) is 5.69 Å². The molecule has 2 aromatic carbocycles. The molecule has 0 aliphatic heterocycles. The second kappa shape index (κ2) is 7.72. The molecule has 0 unspecified atom stereocenters. The summed E-state index contributed by atoms with van der Waals surface area (Å²) < 4.78 is 2.35. The molecule has 144 valence electrons. The number of nitro benzene ring substituents is 1. The maximum absolute atomic E-state index is 11.0. The van der Waals surface area contributed by atoms with E-state index in [1.807, 2.05) is 12.1 Å². The summed E-state index contributed by atoms with van der Waals surface area (Å²) in [5.74, 6) is 0. The van der Waals surface area contributed by atoms with E-state index in [2.05, 4.69) is 42.0 Å². The van der Waals surface area contributed by atoms with Gasteiger partial charge in [-0.2, -0.15) is 0 Å². The SMILES string of the molecule is Cc1ccc(C)c(N=c2scc(-c3ccc([N+](=O)[O-])cc3)n2C2CCCC2)c1. The highest BCUT2D eigenvalue weighted by Crippen LogP contribution is 2.34. The van der Waals surface area contributed by atoms with Crippen LogP contribution in [0.4, 0.5) is 11.4 Å². The molecule has 1 aliphatic carbocycles. The van der Waals surface area contributed by atoms with E-state index in [1.54, 1.807) is 23.5 Å². The molecule has 1 aromatic heterocycles. The van der Waals surface area contributed by atoms with Crippen LogP contribution in [0, 0.1) is 24.0 Å². The van der Waals surface area contributed by atoms with Crippen LogP contribution >= 0.6 is 11.3 Å². The highest BCUT2D eigenvalue weighted by atomic mass is 32.1. The first-order chi connectivity index (χ1) is 13.5. The van der Waals surface area contributed by atoms with E-state index in [4.69, 9.17) is 4.99 Å². The first-order valence-corrected chi connectivity index (χ1v) is 10.5. The summed E-state index contributed by atoms with van der Waals surface area (Å²) in [6.07, 6.45) is 4.76. The molecule has 0 bridgehead atoms. The van der Waals surface area contributed by atoms with Gasteiger partial charge in [0.15, 0.2) is 4.80 Å². The molecule has 0 atom stereocenters. The zero-order valence-corrected chi connectivity index (χ0v) is 16.9. The lowest BCUT2D eigenvalue weighted by Gasteiger charge is -2.16. The fourth-order valence-corrected chi connectivity index (χ4v) is 4.80. The zero-order chi connectivity index (χ0) is 19.7. The van der Waals surface area contributed by atoms with Crippen molar-refractivity contribution >= 4 is 22.7 Å². The van der Waals surface area contributed by atoms with Gasteiger partial charge in [-0.05, 0) is 61.6 Å². The van der Waals surface area contributed by atoms with Crippen LogP contribution in [-0.4, -0.2) is 9.49 Å². The van der Waals surface area contributed by atoms with E-state index < -0.39 is 0 Å². The molecule has 0 saturated heterocycles. The van der Waals surface area contributed by atoms with Crippen LogP contribution in [-0.2, 0) is 0 Å². The van der Waals surface area contributed by atoms with Crippen molar-refractivity contribution in [3.63, 3.8) is 0 Å². The Bertz CT molecular complexity index is 1070. The van der Waals surface area contributed by atoms with E-state index in [0.29, 0.717) is 6.04 Å². The molecule has 3 aromatic rings. The quantitative estimate of drug-likeness (QED) is 0.398. The van der Waals surface area contributed by atoms with Crippen LogP contribution in [0.15, 0.2) is 52.8 Å². The summed E-state index contributed by atoms with van der Waals surface area (Å²) in [6.45, 7) is 4.17. The summed E-state index contributed by atoms with van der Waals surface area (Å²) in [5, 5.41) is 13.1. The number of benzene rings is 2. The number of aryl methyl sites for hydroxylation is 2. The molecule has 1 heterocycles. The van der Waals surface area contributed by atoms with Crippen molar-refractivity contribution in [1.82, 2.24) is 4.57 Å². The van der Waals surface area contributed by atoms with Crippen molar-refractivity contribution in [3.8, 4) is 11.3 Å². The first kappa shape index (κ1) is 18.6. The van der Waals surface area contributed by atoms with E-state index in [1.165, 1.54) is 18.4 Å². The number of hydrogen-bond donors (Lipinski definition) is 0. The molecule has 28 heavy (non-hydrogen) atoms. The summed E-state index contributed by atoms with van der Waals surface area (Å²) in [7, 11) is 0. The third-order valence-electron chi connectivity index (χ3n) is 5.39. The lowest BCUT2D eigenvalue weighted by atomic mass is 10.1. The topological polar surface area (TPSA) is 60.4 Å². The van der Waals surface area contributed by atoms with Crippen LogP contribution in [0.5, 0.6) is 0 Å². The maximum Gasteiger partial charge on any atom is 0.269 e. The summed E-state index contributed by atoms with van der Waals surface area (Å²) in [5.41, 5.74) is 5.57. The Balaban J connectivity index is 1.85. The average Bonchev–Trinajstić information content (AvgIpc) is 3.34. The predicted molar refractivity (Wildman–Crippen MR) is 113 cm³/mol. The molecule has 5 nitrogen and oxygen atoms in total. The zero-order valence-electron chi connectivity index (χ0n) is 16.1. The largest absolute Gasteiger partial charge is 0.313 e. The Morgan fingerprint density at radius 3 is 2.50 bits per heavy atom. The van der Waals surface area contributed by atoms with E-state index in [9.17, 15) is 10.1 Å². The number of thiazole rings is 1. The molecule has 6 heteroatoms. The smallest absolute Gasteiger partial charge is 0.269 e. The van der Waals surface area contributed by atoms with E-state index in [0.717, 1.165) is 40.2 Å². The Labute approximate surface area is 168 Å². The normalized spacial score (nSPS) is 15.3. The minimum atomic E-state index is -0.357. The number of rotatable bonds is 4. The van der Waals surface area contributed by atoms with Gasteiger partial charge in [-0.3, -0.25) is 10.1 Å². The van der Waals surface area contributed by atoms with Crippen molar-refractivity contribution in [3.05, 3.63) is 73.9 Å². The van der Waals surface area contributed by atoms with Gasteiger partial charge in [-0.15, -0.1) is 11.3 Å². The maximum atomic E-state index is 11.0. The van der Waals surface area contributed by atoms with Gasteiger partial charge in [0.1, 0.15) is 0 Å². The highest BCUT2D eigenvalue weighted by molar-refractivity contribution is 7.07. The molecule has 1 aliphatic rings. The fourth-order valence-electron chi connectivity index (χ4n) is 3.82. The monoisotopic (exact) mass is 393 g/mol. The van der Waals surface area contributed by atoms with Crippen LogP contribution in [0.25, 0.3) is 11.3 Å². The van der Waals surface area contributed by atoms with Gasteiger partial charge in [0, 0.05) is 23.6 Å². The molecule has 0 amide bonds. The van der Waals surface area contributed by atoms with Crippen LogP contribution in [0.3, 0.4) is 0 Å². The first-order valence-electron chi connectivity index (χ1n) is 9.60. The van der Waals surface area contributed by atoms with Gasteiger partial charge >= 0.3 is 0 Å². The summed E-state index contributed by atoms with van der Waals surface area (Å²) in [4.78, 5) is 16.6. The predicted octanol–water partition coefficient (Wildman–Crippen LogP) is 6.09. The lowest BCUT2D eigenvalue weighted by molar-refractivity contribution is -0.384. The molecule has 0 spiro atoms. The highest BCUT2D eigenvalue weighted by Gasteiger charge is 2.22. The number of aromatic nitrogens is 1. The van der Waals surface area contributed by atoms with Crippen molar-refractivity contribution in [2.24, 2.45) is 4.99 Å². The molecular formula is C22H23N3O2S. The Hall–Kier alpha value is -2.73. The van der Waals surface area contributed by atoms with Crippen LogP contribution in [0.1, 0.15) is 42.9 Å². The molecule has 1 fully saturated rings. The molecular weight excluding hydrogens is 370 g/mol.